The third kappa shape index (κ3) is 2.23. The summed E-state index contributed by atoms with van der Waals surface area (Å²) in [5, 5.41) is 9.39. The highest BCUT2D eigenvalue weighted by Crippen LogP contribution is 2.31. The molecule has 0 aliphatic heterocycles. The van der Waals surface area contributed by atoms with Gasteiger partial charge in [0, 0.05) is 6.54 Å². The van der Waals surface area contributed by atoms with Crippen molar-refractivity contribution < 1.29 is 14.2 Å². The van der Waals surface area contributed by atoms with E-state index < -0.39 is 11.9 Å². The first-order chi connectivity index (χ1) is 6.60. The number of ether oxygens (including phenoxy) is 1. The average Bonchev–Trinajstić information content (AvgIpc) is 2.16. The van der Waals surface area contributed by atoms with E-state index in [1.165, 1.54) is 13.2 Å². The van der Waals surface area contributed by atoms with Crippen molar-refractivity contribution in [1.29, 1.82) is 0 Å². The number of hydrogen-bond acceptors (Lipinski definition) is 3. The molecular weight excluding hydrogens is 253 g/mol. The summed E-state index contributed by atoms with van der Waals surface area (Å²) in [6, 6.07) is 2.79. The Morgan fingerprint density at radius 2 is 2.29 bits per heavy atom. The zero-order valence-corrected chi connectivity index (χ0v) is 9.21. The van der Waals surface area contributed by atoms with E-state index in [1.54, 1.807) is 6.07 Å². The Morgan fingerprint density at radius 1 is 1.64 bits per heavy atom. The molecule has 3 N–H and O–H groups in total. The van der Waals surface area contributed by atoms with Crippen LogP contribution < -0.4 is 10.5 Å². The molecule has 1 aromatic carbocycles. The van der Waals surface area contributed by atoms with Crippen LogP contribution in [0.4, 0.5) is 4.39 Å². The van der Waals surface area contributed by atoms with E-state index in [4.69, 9.17) is 10.5 Å². The van der Waals surface area contributed by atoms with Crippen LogP contribution in [0.1, 0.15) is 11.7 Å². The van der Waals surface area contributed by atoms with Crippen molar-refractivity contribution in [3.63, 3.8) is 0 Å². The summed E-state index contributed by atoms with van der Waals surface area (Å²) in [7, 11) is 1.38. The molecule has 0 amide bonds. The maximum Gasteiger partial charge on any atom is 0.168 e. The predicted molar refractivity (Wildman–Crippen MR) is 54.7 cm³/mol. The van der Waals surface area contributed by atoms with Crippen LogP contribution in [0.3, 0.4) is 0 Å². The minimum atomic E-state index is -0.855. The number of methoxy groups -OCH3 is 1. The van der Waals surface area contributed by atoms with Crippen molar-refractivity contribution in [3.05, 3.63) is 28.0 Å². The Balaban J connectivity index is 3.13. The second-order valence-corrected chi connectivity index (χ2v) is 3.62. The lowest BCUT2D eigenvalue weighted by Crippen LogP contribution is -2.11. The first-order valence-corrected chi connectivity index (χ1v) is 4.80. The predicted octanol–water partition coefficient (Wildman–Crippen LogP) is 1.59. The monoisotopic (exact) mass is 263 g/mol. The molecule has 0 bridgehead atoms. The second kappa shape index (κ2) is 4.72. The quantitative estimate of drug-likeness (QED) is 0.871. The number of aliphatic hydroxyl groups excluding tert-OH is 1. The second-order valence-electron chi connectivity index (χ2n) is 2.77. The molecule has 1 rings (SSSR count). The SMILES string of the molecule is COc1c(F)cc(C(O)CN)cc1Br. The molecule has 0 heterocycles. The first kappa shape index (κ1) is 11.4. The molecular formula is C9H11BrFNO2. The lowest BCUT2D eigenvalue weighted by atomic mass is 10.1. The lowest BCUT2D eigenvalue weighted by Gasteiger charge is -2.11. The fourth-order valence-electron chi connectivity index (χ4n) is 1.10. The fourth-order valence-corrected chi connectivity index (χ4v) is 1.72. The van der Waals surface area contributed by atoms with Gasteiger partial charge in [-0.15, -0.1) is 0 Å². The van der Waals surface area contributed by atoms with E-state index in [0.717, 1.165) is 0 Å². The molecule has 1 aromatic rings. The smallest absolute Gasteiger partial charge is 0.168 e. The Bertz CT molecular complexity index is 310. The molecule has 3 nitrogen and oxygen atoms in total. The van der Waals surface area contributed by atoms with E-state index in [0.29, 0.717) is 10.0 Å². The van der Waals surface area contributed by atoms with E-state index in [-0.39, 0.29) is 12.3 Å². The van der Waals surface area contributed by atoms with Gasteiger partial charge in [0.15, 0.2) is 11.6 Å². The Labute approximate surface area is 89.8 Å². The highest BCUT2D eigenvalue weighted by atomic mass is 79.9. The van der Waals surface area contributed by atoms with E-state index in [9.17, 15) is 9.50 Å². The van der Waals surface area contributed by atoms with Gasteiger partial charge < -0.3 is 15.6 Å². The Morgan fingerprint density at radius 3 is 2.71 bits per heavy atom. The van der Waals surface area contributed by atoms with Crippen molar-refractivity contribution >= 4 is 15.9 Å². The minimum Gasteiger partial charge on any atom is -0.492 e. The average molecular weight is 264 g/mol. The summed E-state index contributed by atoms with van der Waals surface area (Å²) in [5.41, 5.74) is 5.68. The van der Waals surface area contributed by atoms with Gasteiger partial charge in [0.05, 0.1) is 17.7 Å². The summed E-state index contributed by atoms with van der Waals surface area (Å²) in [6.45, 7) is 0.0538. The van der Waals surface area contributed by atoms with Gasteiger partial charge in [-0.25, -0.2) is 4.39 Å². The Hall–Kier alpha value is -0.650. The molecule has 0 aliphatic rings. The summed E-state index contributed by atoms with van der Waals surface area (Å²) in [6.07, 6.45) is -0.855. The van der Waals surface area contributed by atoms with Gasteiger partial charge >= 0.3 is 0 Å². The number of aliphatic hydroxyl groups is 1. The minimum absolute atomic E-state index is 0.0538. The molecule has 5 heteroatoms. The molecule has 0 saturated carbocycles. The van der Waals surface area contributed by atoms with Crippen molar-refractivity contribution in [2.24, 2.45) is 5.73 Å². The summed E-state index contributed by atoms with van der Waals surface area (Å²) >= 11 is 3.14. The van der Waals surface area contributed by atoms with Crippen LogP contribution >= 0.6 is 15.9 Å². The van der Waals surface area contributed by atoms with Gasteiger partial charge in [0.1, 0.15) is 0 Å². The van der Waals surface area contributed by atoms with Crippen molar-refractivity contribution in [2.45, 2.75) is 6.10 Å². The van der Waals surface area contributed by atoms with Crippen LogP contribution in [0, 0.1) is 5.82 Å². The maximum atomic E-state index is 13.3. The largest absolute Gasteiger partial charge is 0.492 e. The van der Waals surface area contributed by atoms with Crippen LogP contribution in [0.2, 0.25) is 0 Å². The van der Waals surface area contributed by atoms with Crippen LogP contribution in [0.5, 0.6) is 5.75 Å². The molecule has 78 valence electrons. The highest BCUT2D eigenvalue weighted by Gasteiger charge is 2.13. The van der Waals surface area contributed by atoms with Gasteiger partial charge in [-0.3, -0.25) is 0 Å². The van der Waals surface area contributed by atoms with Crippen LogP contribution in [0.15, 0.2) is 16.6 Å². The number of rotatable bonds is 3. The van der Waals surface area contributed by atoms with Crippen LogP contribution in [-0.4, -0.2) is 18.8 Å². The van der Waals surface area contributed by atoms with Gasteiger partial charge in [0.25, 0.3) is 0 Å². The molecule has 14 heavy (non-hydrogen) atoms. The van der Waals surface area contributed by atoms with E-state index in [1.807, 2.05) is 0 Å². The number of halogens is 2. The van der Waals surface area contributed by atoms with Gasteiger partial charge in [-0.1, -0.05) is 0 Å². The summed E-state index contributed by atoms with van der Waals surface area (Å²) in [5.74, 6) is -0.401. The summed E-state index contributed by atoms with van der Waals surface area (Å²) in [4.78, 5) is 0. The van der Waals surface area contributed by atoms with Gasteiger partial charge in [-0.05, 0) is 33.6 Å². The zero-order chi connectivity index (χ0) is 10.7. The van der Waals surface area contributed by atoms with Crippen molar-refractivity contribution in [1.82, 2.24) is 0 Å². The molecule has 0 aromatic heterocycles. The van der Waals surface area contributed by atoms with E-state index in [2.05, 4.69) is 15.9 Å². The van der Waals surface area contributed by atoms with Crippen molar-refractivity contribution in [2.75, 3.05) is 13.7 Å². The Kier molecular flexibility index (Phi) is 3.86. The molecule has 0 spiro atoms. The molecule has 1 atom stereocenters. The van der Waals surface area contributed by atoms with Gasteiger partial charge in [-0.2, -0.15) is 0 Å². The molecule has 0 aliphatic carbocycles. The maximum absolute atomic E-state index is 13.3. The van der Waals surface area contributed by atoms with E-state index >= 15 is 0 Å². The van der Waals surface area contributed by atoms with Crippen LogP contribution in [0.25, 0.3) is 0 Å². The van der Waals surface area contributed by atoms with Gasteiger partial charge in [0.2, 0.25) is 0 Å². The molecule has 0 radical (unpaired) electrons. The summed E-state index contributed by atoms with van der Waals surface area (Å²) < 4.78 is 18.6. The molecule has 0 fully saturated rings. The third-order valence-electron chi connectivity index (χ3n) is 1.83. The lowest BCUT2D eigenvalue weighted by molar-refractivity contribution is 0.186. The number of benzene rings is 1. The first-order valence-electron chi connectivity index (χ1n) is 4.01. The third-order valence-corrected chi connectivity index (χ3v) is 2.42. The van der Waals surface area contributed by atoms with Crippen LogP contribution in [-0.2, 0) is 0 Å². The number of hydrogen-bond donors (Lipinski definition) is 2. The molecule has 1 unspecified atom stereocenters. The van der Waals surface area contributed by atoms with Crippen molar-refractivity contribution in [3.8, 4) is 5.75 Å². The molecule has 0 saturated heterocycles. The number of nitrogens with two attached hydrogens (primary N) is 1. The zero-order valence-electron chi connectivity index (χ0n) is 7.63. The highest BCUT2D eigenvalue weighted by molar-refractivity contribution is 9.10. The normalized spacial score (nSPS) is 12.6. The fraction of sp³-hybridized carbons (Fsp3) is 0.333. The standard InChI is InChI=1S/C9H11BrFNO2/c1-14-9-6(10)2-5(3-7(9)11)8(13)4-12/h2-3,8,13H,4,12H2,1H3. The topological polar surface area (TPSA) is 55.5 Å².